The van der Waals surface area contributed by atoms with E-state index in [0.29, 0.717) is 11.0 Å². The first-order valence-corrected chi connectivity index (χ1v) is 7.81. The summed E-state index contributed by atoms with van der Waals surface area (Å²) in [5.74, 6) is -0.0166. The van der Waals surface area contributed by atoms with Crippen LogP contribution in [0.25, 0.3) is 16.7 Å². The first kappa shape index (κ1) is 16.1. The van der Waals surface area contributed by atoms with Gasteiger partial charge in [-0.2, -0.15) is 5.10 Å². The molecule has 0 fully saturated rings. The van der Waals surface area contributed by atoms with Crippen molar-refractivity contribution in [2.24, 2.45) is 5.41 Å². The lowest BCUT2D eigenvalue weighted by Crippen LogP contribution is -2.30. The molecule has 0 unspecified atom stereocenters. The van der Waals surface area contributed by atoms with Crippen molar-refractivity contribution in [2.75, 3.05) is 0 Å². The van der Waals surface area contributed by atoms with Gasteiger partial charge in [0, 0.05) is 5.41 Å². The largest absolute Gasteiger partial charge is 0.297 e. The third kappa shape index (κ3) is 2.75. The number of Topliss-reactive ketones (excluding diaryl/α,β-unsaturated/α-hetero) is 1. The van der Waals surface area contributed by atoms with E-state index in [0.717, 1.165) is 11.3 Å². The SMILES string of the molecule is Cc1ccccc1-n1ncc2c(=O)n(CC(=O)C(C)(C)C)cnc21. The molecule has 3 aromatic rings. The monoisotopic (exact) mass is 324 g/mol. The highest BCUT2D eigenvalue weighted by molar-refractivity contribution is 5.84. The maximum atomic E-state index is 12.6. The maximum Gasteiger partial charge on any atom is 0.264 e. The van der Waals surface area contributed by atoms with Gasteiger partial charge in [0.2, 0.25) is 0 Å². The molecule has 6 heteroatoms. The predicted molar refractivity (Wildman–Crippen MR) is 92.3 cm³/mol. The molecule has 0 saturated heterocycles. The van der Waals surface area contributed by atoms with E-state index in [4.69, 9.17) is 0 Å². The van der Waals surface area contributed by atoms with Crippen LogP contribution < -0.4 is 5.56 Å². The molecule has 0 aliphatic heterocycles. The summed E-state index contributed by atoms with van der Waals surface area (Å²) < 4.78 is 3.00. The molecule has 0 aliphatic rings. The van der Waals surface area contributed by atoms with Crippen molar-refractivity contribution in [3.63, 3.8) is 0 Å². The number of nitrogens with zero attached hydrogens (tertiary/aromatic N) is 4. The first-order valence-electron chi connectivity index (χ1n) is 7.81. The van der Waals surface area contributed by atoms with Crippen LogP contribution in [0, 0.1) is 12.3 Å². The molecule has 2 aromatic heterocycles. The zero-order valence-corrected chi connectivity index (χ0v) is 14.3. The highest BCUT2D eigenvalue weighted by Crippen LogP contribution is 2.18. The zero-order valence-electron chi connectivity index (χ0n) is 14.3. The van der Waals surface area contributed by atoms with E-state index in [9.17, 15) is 9.59 Å². The van der Waals surface area contributed by atoms with Gasteiger partial charge in [-0.05, 0) is 18.6 Å². The van der Waals surface area contributed by atoms with Gasteiger partial charge >= 0.3 is 0 Å². The van der Waals surface area contributed by atoms with E-state index >= 15 is 0 Å². The second-order valence-corrected chi connectivity index (χ2v) is 6.93. The standard InChI is InChI=1S/C18H20N4O2/c1-12-7-5-6-8-14(12)22-16-13(9-20-22)17(24)21(11-19-16)10-15(23)18(2,3)4/h5-9,11H,10H2,1-4H3. The number of carbonyl (C=O) groups excluding carboxylic acids is 1. The summed E-state index contributed by atoms with van der Waals surface area (Å²) in [6, 6.07) is 7.77. The minimum absolute atomic E-state index is 0.0147. The van der Waals surface area contributed by atoms with E-state index in [-0.39, 0.29) is 17.9 Å². The molecule has 0 bridgehead atoms. The third-order valence-electron chi connectivity index (χ3n) is 4.05. The number of hydrogen-bond donors (Lipinski definition) is 0. The molecular weight excluding hydrogens is 304 g/mol. The Balaban J connectivity index is 2.08. The summed E-state index contributed by atoms with van der Waals surface area (Å²) in [6.07, 6.45) is 2.93. The number of carbonyl (C=O) groups is 1. The highest BCUT2D eigenvalue weighted by Gasteiger charge is 2.22. The van der Waals surface area contributed by atoms with Crippen LogP contribution in [-0.4, -0.2) is 25.1 Å². The Morgan fingerprint density at radius 1 is 1.21 bits per heavy atom. The lowest BCUT2D eigenvalue weighted by molar-refractivity contribution is -0.126. The molecule has 124 valence electrons. The van der Waals surface area contributed by atoms with Crippen LogP contribution in [0.4, 0.5) is 0 Å². The van der Waals surface area contributed by atoms with Crippen molar-refractivity contribution in [3.05, 3.63) is 52.7 Å². The van der Waals surface area contributed by atoms with E-state index in [2.05, 4.69) is 10.1 Å². The molecule has 0 spiro atoms. The van der Waals surface area contributed by atoms with Crippen LogP contribution in [0.3, 0.4) is 0 Å². The lowest BCUT2D eigenvalue weighted by Gasteiger charge is -2.17. The molecule has 24 heavy (non-hydrogen) atoms. The quantitative estimate of drug-likeness (QED) is 0.742. The van der Waals surface area contributed by atoms with Crippen LogP contribution in [0.2, 0.25) is 0 Å². The van der Waals surface area contributed by atoms with Crippen molar-refractivity contribution in [3.8, 4) is 5.69 Å². The van der Waals surface area contributed by atoms with Gasteiger partial charge in [0.15, 0.2) is 11.4 Å². The third-order valence-corrected chi connectivity index (χ3v) is 4.05. The Hall–Kier alpha value is -2.76. The van der Waals surface area contributed by atoms with Gasteiger partial charge in [-0.1, -0.05) is 39.0 Å². The molecular formula is C18H20N4O2. The predicted octanol–water partition coefficient (Wildman–Crippen LogP) is 2.51. The second-order valence-electron chi connectivity index (χ2n) is 6.93. The van der Waals surface area contributed by atoms with Crippen LogP contribution in [0.15, 0.2) is 41.6 Å². The Kier molecular flexibility index (Phi) is 3.83. The lowest BCUT2D eigenvalue weighted by atomic mass is 9.91. The van der Waals surface area contributed by atoms with Crippen molar-refractivity contribution in [2.45, 2.75) is 34.2 Å². The fourth-order valence-corrected chi connectivity index (χ4v) is 2.43. The highest BCUT2D eigenvalue weighted by atomic mass is 16.1. The fourth-order valence-electron chi connectivity index (χ4n) is 2.43. The Morgan fingerprint density at radius 3 is 2.58 bits per heavy atom. The molecule has 6 nitrogen and oxygen atoms in total. The van der Waals surface area contributed by atoms with Gasteiger partial charge in [-0.15, -0.1) is 0 Å². The van der Waals surface area contributed by atoms with Crippen LogP contribution >= 0.6 is 0 Å². The van der Waals surface area contributed by atoms with Crippen molar-refractivity contribution in [1.82, 2.24) is 19.3 Å². The maximum absolute atomic E-state index is 12.6. The number of benzene rings is 1. The second kappa shape index (κ2) is 5.70. The van der Waals surface area contributed by atoms with Crippen molar-refractivity contribution < 1.29 is 4.79 Å². The number of rotatable bonds is 3. The summed E-state index contributed by atoms with van der Waals surface area (Å²) in [7, 11) is 0. The number of fused-ring (bicyclic) bond motifs is 1. The van der Waals surface area contributed by atoms with Crippen LogP contribution in [-0.2, 0) is 11.3 Å². The van der Waals surface area contributed by atoms with E-state index < -0.39 is 5.41 Å². The Morgan fingerprint density at radius 2 is 1.92 bits per heavy atom. The van der Waals surface area contributed by atoms with Crippen molar-refractivity contribution in [1.29, 1.82) is 0 Å². The summed E-state index contributed by atoms with van der Waals surface area (Å²) >= 11 is 0. The van der Waals surface area contributed by atoms with Gasteiger partial charge in [-0.25, -0.2) is 9.67 Å². The number of ketones is 1. The molecule has 1 aromatic carbocycles. The van der Waals surface area contributed by atoms with E-state index in [1.807, 2.05) is 52.0 Å². The average Bonchev–Trinajstić information content (AvgIpc) is 2.94. The van der Waals surface area contributed by atoms with Gasteiger partial charge in [-0.3, -0.25) is 14.2 Å². The zero-order chi connectivity index (χ0) is 17.5. The number of para-hydroxylation sites is 1. The molecule has 0 amide bonds. The van der Waals surface area contributed by atoms with Crippen LogP contribution in [0.1, 0.15) is 26.3 Å². The van der Waals surface area contributed by atoms with Crippen LogP contribution in [0.5, 0.6) is 0 Å². The smallest absolute Gasteiger partial charge is 0.264 e. The molecule has 0 aliphatic carbocycles. The normalized spacial score (nSPS) is 11.8. The summed E-state index contributed by atoms with van der Waals surface area (Å²) in [5, 5.41) is 4.72. The summed E-state index contributed by atoms with van der Waals surface area (Å²) in [6.45, 7) is 7.50. The van der Waals surface area contributed by atoms with E-state index in [1.165, 1.54) is 17.1 Å². The number of hydrogen-bond acceptors (Lipinski definition) is 4. The molecule has 0 saturated carbocycles. The molecule has 2 heterocycles. The molecule has 0 radical (unpaired) electrons. The van der Waals surface area contributed by atoms with Crippen molar-refractivity contribution >= 4 is 16.8 Å². The van der Waals surface area contributed by atoms with Gasteiger partial charge in [0.05, 0.1) is 18.4 Å². The molecule has 0 atom stereocenters. The minimum atomic E-state index is -0.500. The fraction of sp³-hybridized carbons (Fsp3) is 0.333. The summed E-state index contributed by atoms with van der Waals surface area (Å²) in [5.41, 5.74) is 1.66. The number of aryl methyl sites for hydroxylation is 1. The number of aromatic nitrogens is 4. The average molecular weight is 324 g/mol. The topological polar surface area (TPSA) is 69.8 Å². The van der Waals surface area contributed by atoms with E-state index in [1.54, 1.807) is 4.68 Å². The summed E-state index contributed by atoms with van der Waals surface area (Å²) in [4.78, 5) is 29.2. The van der Waals surface area contributed by atoms with Gasteiger partial charge in [0.1, 0.15) is 11.7 Å². The Labute approximate surface area is 139 Å². The van der Waals surface area contributed by atoms with Gasteiger partial charge < -0.3 is 0 Å². The minimum Gasteiger partial charge on any atom is -0.297 e. The molecule has 0 N–H and O–H groups in total. The Bertz CT molecular complexity index is 977. The van der Waals surface area contributed by atoms with Gasteiger partial charge in [0.25, 0.3) is 5.56 Å². The first-order chi connectivity index (χ1) is 11.3. The molecule has 3 rings (SSSR count).